The molecule has 1 aliphatic heterocycles. The molecule has 1 fully saturated rings. The largest absolute Gasteiger partial charge is 0.326 e. The number of pyridine rings is 1. The standard InChI is InChI=1S/C21H25N5OS/c1-13-9-14(6-8-23-13)21-17-10-16(3-4-18(17)25-26-21)24-20(27)11-19(28-2)15-5-7-22-12-15/h3-4,6,8-10,15,19,22H,5,7,11-12H2,1-2H3,(H,24,27)(H,25,26). The van der Waals surface area contributed by atoms with Gasteiger partial charge in [0, 0.05) is 40.2 Å². The molecule has 0 bridgehead atoms. The molecule has 28 heavy (non-hydrogen) atoms. The van der Waals surface area contributed by atoms with Gasteiger partial charge >= 0.3 is 0 Å². The van der Waals surface area contributed by atoms with Crippen molar-refractivity contribution in [2.24, 2.45) is 5.92 Å². The molecule has 6 nitrogen and oxygen atoms in total. The van der Waals surface area contributed by atoms with E-state index in [2.05, 4.69) is 32.1 Å². The third kappa shape index (κ3) is 4.05. The summed E-state index contributed by atoms with van der Waals surface area (Å²) in [5.74, 6) is 0.633. The van der Waals surface area contributed by atoms with E-state index in [0.717, 1.165) is 53.1 Å². The van der Waals surface area contributed by atoms with Crippen LogP contribution < -0.4 is 10.6 Å². The maximum Gasteiger partial charge on any atom is 0.225 e. The van der Waals surface area contributed by atoms with Crippen LogP contribution in [-0.4, -0.2) is 45.7 Å². The number of nitrogens with one attached hydrogen (secondary N) is 3. The first-order valence-electron chi connectivity index (χ1n) is 9.58. The highest BCUT2D eigenvalue weighted by molar-refractivity contribution is 7.99. The minimum atomic E-state index is 0.0652. The molecule has 3 N–H and O–H groups in total. The fraction of sp³-hybridized carbons (Fsp3) is 0.381. The molecule has 7 heteroatoms. The summed E-state index contributed by atoms with van der Waals surface area (Å²) >= 11 is 1.79. The minimum absolute atomic E-state index is 0.0652. The molecule has 1 saturated heterocycles. The lowest BCUT2D eigenvalue weighted by Crippen LogP contribution is -2.25. The SMILES string of the molecule is CSC(CC(=O)Nc1ccc2[nH]nc(-c3ccnc(C)c3)c2c1)C1CCNC1. The average molecular weight is 396 g/mol. The number of anilines is 1. The van der Waals surface area contributed by atoms with Crippen molar-refractivity contribution in [3.05, 3.63) is 42.2 Å². The van der Waals surface area contributed by atoms with Crippen molar-refractivity contribution >= 4 is 34.3 Å². The van der Waals surface area contributed by atoms with Crippen LogP contribution in [0.25, 0.3) is 22.2 Å². The second kappa shape index (κ2) is 8.32. The van der Waals surface area contributed by atoms with Gasteiger partial charge in [0.25, 0.3) is 0 Å². The van der Waals surface area contributed by atoms with Crippen LogP contribution in [0.1, 0.15) is 18.5 Å². The number of fused-ring (bicyclic) bond motifs is 1. The summed E-state index contributed by atoms with van der Waals surface area (Å²) in [6, 6.07) is 9.84. The van der Waals surface area contributed by atoms with E-state index in [9.17, 15) is 4.79 Å². The lowest BCUT2D eigenvalue weighted by Gasteiger charge is -2.20. The highest BCUT2D eigenvalue weighted by atomic mass is 32.2. The second-order valence-corrected chi connectivity index (χ2v) is 8.37. The summed E-state index contributed by atoms with van der Waals surface area (Å²) < 4.78 is 0. The zero-order chi connectivity index (χ0) is 19.5. The molecule has 3 aromatic rings. The number of carbonyl (C=O) groups is 1. The summed E-state index contributed by atoms with van der Waals surface area (Å²) in [4.78, 5) is 16.9. The van der Waals surface area contributed by atoms with Gasteiger partial charge in [0.05, 0.1) is 5.52 Å². The number of amides is 1. The van der Waals surface area contributed by atoms with Gasteiger partial charge in [-0.2, -0.15) is 16.9 Å². The van der Waals surface area contributed by atoms with Gasteiger partial charge in [-0.05, 0) is 68.9 Å². The fourth-order valence-electron chi connectivity index (χ4n) is 3.84. The third-order valence-electron chi connectivity index (χ3n) is 5.33. The number of aromatic nitrogens is 3. The number of carbonyl (C=O) groups excluding carboxylic acids is 1. The number of thioether (sulfide) groups is 1. The van der Waals surface area contributed by atoms with Crippen LogP contribution in [0.3, 0.4) is 0 Å². The maximum absolute atomic E-state index is 12.6. The van der Waals surface area contributed by atoms with E-state index in [1.165, 1.54) is 0 Å². The molecule has 3 heterocycles. The molecule has 2 atom stereocenters. The molecule has 0 spiro atoms. The number of rotatable bonds is 6. The summed E-state index contributed by atoms with van der Waals surface area (Å²) in [5.41, 5.74) is 4.58. The van der Waals surface area contributed by atoms with Crippen LogP contribution >= 0.6 is 11.8 Å². The second-order valence-electron chi connectivity index (χ2n) is 7.30. The van der Waals surface area contributed by atoms with Crippen LogP contribution in [0.15, 0.2) is 36.5 Å². The first kappa shape index (κ1) is 19.0. The van der Waals surface area contributed by atoms with E-state index in [4.69, 9.17) is 0 Å². The van der Waals surface area contributed by atoms with Crippen molar-refractivity contribution in [3.63, 3.8) is 0 Å². The van der Waals surface area contributed by atoms with Crippen molar-refractivity contribution in [2.75, 3.05) is 24.7 Å². The van der Waals surface area contributed by atoms with Crippen molar-refractivity contribution in [3.8, 4) is 11.3 Å². The van der Waals surface area contributed by atoms with Crippen LogP contribution in [0.5, 0.6) is 0 Å². The molecule has 1 aromatic carbocycles. The molecule has 0 saturated carbocycles. The number of H-pyrrole nitrogens is 1. The van der Waals surface area contributed by atoms with Crippen molar-refractivity contribution < 1.29 is 4.79 Å². The molecule has 1 aliphatic rings. The lowest BCUT2D eigenvalue weighted by molar-refractivity contribution is -0.116. The van der Waals surface area contributed by atoms with E-state index in [-0.39, 0.29) is 5.91 Å². The van der Waals surface area contributed by atoms with E-state index in [0.29, 0.717) is 17.6 Å². The van der Waals surface area contributed by atoms with Gasteiger partial charge in [-0.15, -0.1) is 0 Å². The van der Waals surface area contributed by atoms with Gasteiger partial charge in [-0.3, -0.25) is 14.9 Å². The zero-order valence-electron chi connectivity index (χ0n) is 16.2. The predicted octanol–water partition coefficient (Wildman–Crippen LogP) is 3.60. The highest BCUT2D eigenvalue weighted by Gasteiger charge is 2.26. The molecule has 146 valence electrons. The van der Waals surface area contributed by atoms with Crippen LogP contribution in [0.2, 0.25) is 0 Å². The Kier molecular flexibility index (Phi) is 5.64. The van der Waals surface area contributed by atoms with Gasteiger partial charge < -0.3 is 10.6 Å². The molecule has 1 amide bonds. The minimum Gasteiger partial charge on any atom is -0.326 e. The average Bonchev–Trinajstić information content (AvgIpc) is 3.36. The Morgan fingerprint density at radius 1 is 1.36 bits per heavy atom. The fourth-order valence-corrected chi connectivity index (χ4v) is 4.77. The van der Waals surface area contributed by atoms with Gasteiger partial charge in [0.2, 0.25) is 5.91 Å². The summed E-state index contributed by atoms with van der Waals surface area (Å²) in [6.45, 7) is 4.03. The number of aryl methyl sites for hydroxylation is 1. The molecule has 2 aromatic heterocycles. The Morgan fingerprint density at radius 2 is 2.25 bits per heavy atom. The quantitative estimate of drug-likeness (QED) is 0.594. The lowest BCUT2D eigenvalue weighted by atomic mass is 10.0. The summed E-state index contributed by atoms with van der Waals surface area (Å²) in [7, 11) is 0. The van der Waals surface area contributed by atoms with Crippen molar-refractivity contribution in [1.82, 2.24) is 20.5 Å². The van der Waals surface area contributed by atoms with Crippen molar-refractivity contribution in [1.29, 1.82) is 0 Å². The molecule has 0 radical (unpaired) electrons. The molecule has 4 rings (SSSR count). The number of nitrogens with zero attached hydrogens (tertiary/aromatic N) is 2. The number of benzene rings is 1. The summed E-state index contributed by atoms with van der Waals surface area (Å²) in [6.07, 6.45) is 5.57. The van der Waals surface area contributed by atoms with E-state index >= 15 is 0 Å². The van der Waals surface area contributed by atoms with Crippen LogP contribution in [0.4, 0.5) is 5.69 Å². The third-order valence-corrected chi connectivity index (χ3v) is 6.49. The van der Waals surface area contributed by atoms with Crippen LogP contribution in [0, 0.1) is 12.8 Å². The Bertz CT molecular complexity index is 980. The van der Waals surface area contributed by atoms with Crippen molar-refractivity contribution in [2.45, 2.75) is 25.0 Å². The molecular formula is C21H25N5OS. The maximum atomic E-state index is 12.6. The molecule has 0 aliphatic carbocycles. The van der Waals surface area contributed by atoms with Gasteiger partial charge in [-0.25, -0.2) is 0 Å². The zero-order valence-corrected chi connectivity index (χ0v) is 17.0. The first-order chi connectivity index (χ1) is 13.6. The normalized spacial score (nSPS) is 17.7. The first-order valence-corrected chi connectivity index (χ1v) is 10.9. The Morgan fingerprint density at radius 3 is 3.00 bits per heavy atom. The Labute approximate surface area is 168 Å². The number of hydrogen-bond donors (Lipinski definition) is 3. The van der Waals surface area contributed by atoms with Gasteiger partial charge in [0.15, 0.2) is 0 Å². The topological polar surface area (TPSA) is 82.7 Å². The van der Waals surface area contributed by atoms with E-state index in [1.807, 2.05) is 37.3 Å². The van der Waals surface area contributed by atoms with E-state index < -0.39 is 0 Å². The Balaban J connectivity index is 1.52. The highest BCUT2D eigenvalue weighted by Crippen LogP contribution is 2.29. The van der Waals surface area contributed by atoms with Gasteiger partial charge in [0.1, 0.15) is 5.69 Å². The predicted molar refractivity (Wildman–Crippen MR) is 116 cm³/mol. The molecular weight excluding hydrogens is 370 g/mol. The number of hydrogen-bond acceptors (Lipinski definition) is 5. The smallest absolute Gasteiger partial charge is 0.225 e. The van der Waals surface area contributed by atoms with Crippen LogP contribution in [-0.2, 0) is 4.79 Å². The van der Waals surface area contributed by atoms with Gasteiger partial charge in [-0.1, -0.05) is 0 Å². The Hall–Kier alpha value is -2.38. The number of aromatic amines is 1. The van der Waals surface area contributed by atoms with E-state index in [1.54, 1.807) is 18.0 Å². The monoisotopic (exact) mass is 395 g/mol. The summed E-state index contributed by atoms with van der Waals surface area (Å²) in [5, 5.41) is 15.3. The molecule has 2 unspecified atom stereocenters.